The number of rotatable bonds is 4. The van der Waals surface area contributed by atoms with Gasteiger partial charge in [0.2, 0.25) is 0 Å². The molecule has 0 amide bonds. The van der Waals surface area contributed by atoms with Gasteiger partial charge in [0.1, 0.15) is 0 Å². The van der Waals surface area contributed by atoms with Crippen molar-refractivity contribution < 1.29 is 4.52 Å². The minimum absolute atomic E-state index is 0.237. The van der Waals surface area contributed by atoms with Gasteiger partial charge in [0.15, 0.2) is 5.82 Å². The van der Waals surface area contributed by atoms with Gasteiger partial charge >= 0.3 is 0 Å². The molecule has 1 aromatic carbocycles. The molecule has 0 radical (unpaired) electrons. The van der Waals surface area contributed by atoms with Gasteiger partial charge in [-0.15, -0.1) is 11.6 Å². The molecule has 2 aromatic rings. The molecule has 0 bridgehead atoms. The van der Waals surface area contributed by atoms with Gasteiger partial charge in [0.25, 0.3) is 5.89 Å². The van der Waals surface area contributed by atoms with Gasteiger partial charge in [-0.2, -0.15) is 4.98 Å². The normalized spacial score (nSPS) is 12.7. The van der Waals surface area contributed by atoms with E-state index in [1.807, 2.05) is 6.92 Å². The van der Waals surface area contributed by atoms with Crippen LogP contribution in [0.15, 0.2) is 22.7 Å². The zero-order valence-corrected chi connectivity index (χ0v) is 11.9. The van der Waals surface area contributed by atoms with Crippen LogP contribution in [0.4, 0.5) is 0 Å². The summed E-state index contributed by atoms with van der Waals surface area (Å²) >= 11 is 18.0. The zero-order valence-electron chi connectivity index (χ0n) is 9.66. The number of hydrogen-bond donors (Lipinski definition) is 0. The first kappa shape index (κ1) is 13.7. The molecule has 3 nitrogen and oxygen atoms in total. The summed E-state index contributed by atoms with van der Waals surface area (Å²) in [7, 11) is 0. The van der Waals surface area contributed by atoms with E-state index in [0.717, 1.165) is 12.8 Å². The Hall–Kier alpha value is -0.770. The van der Waals surface area contributed by atoms with Crippen LogP contribution in [0.3, 0.4) is 0 Å². The van der Waals surface area contributed by atoms with Crippen molar-refractivity contribution >= 4 is 34.8 Å². The molecule has 1 atom stereocenters. The lowest BCUT2D eigenvalue weighted by molar-refractivity contribution is 0.420. The Bertz CT molecular complexity index is 542. The largest absolute Gasteiger partial charge is 0.334 e. The summed E-state index contributed by atoms with van der Waals surface area (Å²) in [5.74, 6) is 0.841. The summed E-state index contributed by atoms with van der Waals surface area (Å²) < 4.78 is 5.17. The lowest BCUT2D eigenvalue weighted by Gasteiger charge is -2.00. The van der Waals surface area contributed by atoms with Crippen LogP contribution in [0.5, 0.6) is 0 Å². The van der Waals surface area contributed by atoms with Gasteiger partial charge < -0.3 is 4.52 Å². The number of aromatic nitrogens is 2. The molecule has 0 spiro atoms. The minimum Gasteiger partial charge on any atom is -0.334 e. The number of benzene rings is 1. The van der Waals surface area contributed by atoms with Gasteiger partial charge in [0, 0.05) is 5.02 Å². The quantitative estimate of drug-likeness (QED) is 0.736. The molecular weight excluding hydrogens is 295 g/mol. The van der Waals surface area contributed by atoms with Crippen molar-refractivity contribution in [2.45, 2.75) is 25.1 Å². The maximum absolute atomic E-state index is 6.13. The average molecular weight is 306 g/mol. The monoisotopic (exact) mass is 304 g/mol. The molecular formula is C12H11Cl3N2O. The molecule has 0 N–H and O–H groups in total. The predicted octanol–water partition coefficient (Wildman–Crippen LogP) is 5.12. The molecule has 0 fully saturated rings. The Morgan fingerprint density at radius 3 is 2.78 bits per heavy atom. The lowest BCUT2D eigenvalue weighted by atomic mass is 10.2. The van der Waals surface area contributed by atoms with Gasteiger partial charge in [-0.25, -0.2) is 0 Å². The molecule has 0 saturated heterocycles. The van der Waals surface area contributed by atoms with Gasteiger partial charge in [-0.1, -0.05) is 41.7 Å². The topological polar surface area (TPSA) is 38.9 Å². The smallest absolute Gasteiger partial charge is 0.259 e. The van der Waals surface area contributed by atoms with E-state index in [9.17, 15) is 0 Å². The van der Waals surface area contributed by atoms with Crippen molar-refractivity contribution in [3.63, 3.8) is 0 Å². The summed E-state index contributed by atoms with van der Waals surface area (Å²) in [5, 5.41) is 4.66. The van der Waals surface area contributed by atoms with Gasteiger partial charge in [-0.3, -0.25) is 0 Å². The van der Waals surface area contributed by atoms with Crippen LogP contribution in [-0.2, 0) is 0 Å². The molecule has 6 heteroatoms. The highest BCUT2D eigenvalue weighted by Gasteiger charge is 2.17. The van der Waals surface area contributed by atoms with E-state index in [2.05, 4.69) is 10.1 Å². The standard InChI is InChI=1S/C12H11Cl3N2O/c1-2-3-9(14)11-16-12(18-17-11)8-5-4-7(13)6-10(8)15/h4-6,9H,2-3H2,1H3. The second-order valence-electron chi connectivity index (χ2n) is 3.84. The molecule has 1 heterocycles. The van der Waals surface area contributed by atoms with Crippen molar-refractivity contribution in [2.24, 2.45) is 0 Å². The van der Waals surface area contributed by atoms with E-state index in [4.69, 9.17) is 39.3 Å². The first-order chi connectivity index (χ1) is 8.61. The molecule has 0 aliphatic heterocycles. The molecule has 2 rings (SSSR count). The Morgan fingerprint density at radius 1 is 1.33 bits per heavy atom. The molecule has 0 saturated carbocycles. The first-order valence-corrected chi connectivity index (χ1v) is 6.74. The van der Waals surface area contributed by atoms with Gasteiger partial charge in [-0.05, 0) is 24.6 Å². The third kappa shape index (κ3) is 2.97. The average Bonchev–Trinajstić information content (AvgIpc) is 2.78. The summed E-state index contributed by atoms with van der Waals surface area (Å²) in [6.07, 6.45) is 1.76. The highest BCUT2D eigenvalue weighted by Crippen LogP contribution is 2.31. The van der Waals surface area contributed by atoms with Crippen LogP contribution in [0.2, 0.25) is 10.0 Å². The van der Waals surface area contributed by atoms with E-state index in [-0.39, 0.29) is 5.38 Å². The summed E-state index contributed by atoms with van der Waals surface area (Å²) in [6.45, 7) is 2.05. The maximum atomic E-state index is 6.13. The summed E-state index contributed by atoms with van der Waals surface area (Å²) in [4.78, 5) is 4.25. The van der Waals surface area contributed by atoms with Crippen LogP contribution in [-0.4, -0.2) is 10.1 Å². The van der Waals surface area contributed by atoms with E-state index in [0.29, 0.717) is 27.3 Å². The molecule has 0 aliphatic carbocycles. The SMILES string of the molecule is CCCC(Cl)c1noc(-c2ccc(Cl)cc2Cl)n1. The Balaban J connectivity index is 2.29. The maximum Gasteiger partial charge on any atom is 0.259 e. The number of halogens is 3. The second-order valence-corrected chi connectivity index (χ2v) is 5.21. The third-order valence-electron chi connectivity index (χ3n) is 2.43. The Labute approximate surface area is 120 Å². The van der Waals surface area contributed by atoms with Crippen molar-refractivity contribution in [1.29, 1.82) is 0 Å². The third-order valence-corrected chi connectivity index (χ3v) is 3.39. The predicted molar refractivity (Wildman–Crippen MR) is 73.3 cm³/mol. The van der Waals surface area contributed by atoms with Crippen LogP contribution in [0.1, 0.15) is 31.0 Å². The molecule has 96 valence electrons. The van der Waals surface area contributed by atoms with Gasteiger partial charge in [0.05, 0.1) is 16.0 Å². The molecule has 1 aromatic heterocycles. The highest BCUT2D eigenvalue weighted by molar-refractivity contribution is 6.36. The van der Waals surface area contributed by atoms with Crippen molar-refractivity contribution in [3.05, 3.63) is 34.1 Å². The van der Waals surface area contributed by atoms with Crippen molar-refractivity contribution in [3.8, 4) is 11.5 Å². The Morgan fingerprint density at radius 2 is 2.11 bits per heavy atom. The summed E-state index contributed by atoms with van der Waals surface area (Å²) in [6, 6.07) is 5.09. The van der Waals surface area contributed by atoms with Crippen molar-refractivity contribution in [1.82, 2.24) is 10.1 Å². The Kier molecular flexibility index (Phi) is 4.49. The molecule has 1 unspecified atom stereocenters. The van der Waals surface area contributed by atoms with E-state index in [1.165, 1.54) is 0 Å². The van der Waals surface area contributed by atoms with Crippen molar-refractivity contribution in [2.75, 3.05) is 0 Å². The zero-order chi connectivity index (χ0) is 13.1. The van der Waals surface area contributed by atoms with Crippen LogP contribution in [0, 0.1) is 0 Å². The van der Waals surface area contributed by atoms with E-state index < -0.39 is 0 Å². The fraction of sp³-hybridized carbons (Fsp3) is 0.333. The number of alkyl halides is 1. The number of nitrogens with zero attached hydrogens (tertiary/aromatic N) is 2. The van der Waals surface area contributed by atoms with Crippen LogP contribution < -0.4 is 0 Å². The van der Waals surface area contributed by atoms with Crippen LogP contribution >= 0.6 is 34.8 Å². The van der Waals surface area contributed by atoms with Crippen LogP contribution in [0.25, 0.3) is 11.5 Å². The number of hydrogen-bond acceptors (Lipinski definition) is 3. The fourth-order valence-electron chi connectivity index (χ4n) is 1.52. The second kappa shape index (κ2) is 5.91. The highest BCUT2D eigenvalue weighted by atomic mass is 35.5. The van der Waals surface area contributed by atoms with E-state index >= 15 is 0 Å². The summed E-state index contributed by atoms with van der Waals surface area (Å²) in [5.41, 5.74) is 0.653. The molecule has 0 aliphatic rings. The minimum atomic E-state index is -0.237. The molecule has 18 heavy (non-hydrogen) atoms. The first-order valence-electron chi connectivity index (χ1n) is 5.55. The van der Waals surface area contributed by atoms with E-state index in [1.54, 1.807) is 18.2 Å². The fourth-order valence-corrected chi connectivity index (χ4v) is 2.31. The lowest BCUT2D eigenvalue weighted by Crippen LogP contribution is -1.92.